The second-order valence-corrected chi connectivity index (χ2v) is 5.07. The molecule has 1 heterocycles. The minimum absolute atomic E-state index is 0.143. The van der Waals surface area contributed by atoms with E-state index in [0.717, 1.165) is 36.8 Å². The number of hydrogen-bond acceptors (Lipinski definition) is 4. The molecule has 21 heavy (non-hydrogen) atoms. The van der Waals surface area contributed by atoms with E-state index in [4.69, 9.17) is 13.9 Å². The van der Waals surface area contributed by atoms with Gasteiger partial charge in [0.15, 0.2) is 11.5 Å². The molecule has 0 spiro atoms. The van der Waals surface area contributed by atoms with Gasteiger partial charge < -0.3 is 19.2 Å². The maximum absolute atomic E-state index is 5.79. The summed E-state index contributed by atoms with van der Waals surface area (Å²) in [5.41, 5.74) is 0. The summed E-state index contributed by atoms with van der Waals surface area (Å²) < 4.78 is 16.8. The van der Waals surface area contributed by atoms with E-state index in [2.05, 4.69) is 5.32 Å². The number of nitrogens with one attached hydrogen (secondary N) is 1. The predicted octanol–water partition coefficient (Wildman–Crippen LogP) is 3.63. The second-order valence-electron chi connectivity index (χ2n) is 5.07. The van der Waals surface area contributed by atoms with Crippen molar-refractivity contribution in [2.45, 2.75) is 32.9 Å². The van der Waals surface area contributed by atoms with Gasteiger partial charge in [-0.15, -0.1) is 0 Å². The monoisotopic (exact) mass is 289 g/mol. The zero-order valence-electron chi connectivity index (χ0n) is 12.7. The van der Waals surface area contributed by atoms with Crippen molar-refractivity contribution in [2.24, 2.45) is 0 Å². The summed E-state index contributed by atoms with van der Waals surface area (Å²) in [6.07, 6.45) is 2.76. The average molecular weight is 289 g/mol. The lowest BCUT2D eigenvalue weighted by molar-refractivity contribution is 0.220. The van der Waals surface area contributed by atoms with Crippen molar-refractivity contribution in [1.82, 2.24) is 5.32 Å². The molecule has 0 saturated heterocycles. The number of furan rings is 1. The largest absolute Gasteiger partial charge is 0.490 e. The maximum atomic E-state index is 5.79. The van der Waals surface area contributed by atoms with Crippen molar-refractivity contribution in [2.75, 3.05) is 13.2 Å². The van der Waals surface area contributed by atoms with E-state index in [1.165, 1.54) is 0 Å². The third kappa shape index (κ3) is 5.52. The molecule has 0 amide bonds. The second kappa shape index (κ2) is 8.37. The molecule has 0 radical (unpaired) electrons. The van der Waals surface area contributed by atoms with Gasteiger partial charge in [0.1, 0.15) is 5.76 Å². The quantitative estimate of drug-likeness (QED) is 0.716. The van der Waals surface area contributed by atoms with Crippen LogP contribution in [0.3, 0.4) is 0 Å². The Morgan fingerprint density at radius 2 is 1.90 bits per heavy atom. The summed E-state index contributed by atoms with van der Waals surface area (Å²) >= 11 is 0. The van der Waals surface area contributed by atoms with Crippen LogP contribution in [0.2, 0.25) is 0 Å². The lowest BCUT2D eigenvalue weighted by atomic mass is 10.3. The molecule has 4 nitrogen and oxygen atoms in total. The highest BCUT2D eigenvalue weighted by molar-refractivity contribution is 5.39. The average Bonchev–Trinajstić information content (AvgIpc) is 2.97. The molecule has 0 aliphatic heterocycles. The van der Waals surface area contributed by atoms with Gasteiger partial charge in [0.05, 0.1) is 25.5 Å². The molecule has 0 saturated carbocycles. The maximum Gasteiger partial charge on any atom is 0.161 e. The molecule has 0 fully saturated rings. The molecule has 0 aliphatic rings. The molecule has 0 aliphatic carbocycles. The topological polar surface area (TPSA) is 43.6 Å². The lowest BCUT2D eigenvalue weighted by Crippen LogP contribution is -2.16. The van der Waals surface area contributed by atoms with Crippen LogP contribution < -0.4 is 14.8 Å². The third-order valence-electron chi connectivity index (χ3n) is 2.85. The fourth-order valence-electron chi connectivity index (χ4n) is 1.92. The van der Waals surface area contributed by atoms with E-state index in [1.807, 2.05) is 50.2 Å². The van der Waals surface area contributed by atoms with Crippen LogP contribution in [0.4, 0.5) is 0 Å². The molecule has 1 aromatic carbocycles. The van der Waals surface area contributed by atoms with E-state index >= 15 is 0 Å². The van der Waals surface area contributed by atoms with Gasteiger partial charge in [-0.25, -0.2) is 0 Å². The standard InChI is InChI=1S/C17H23NO3/c1-14(2)21-17-9-4-3-8-16(17)20-12-6-10-18-13-15-7-5-11-19-15/h3-5,7-9,11,14,18H,6,10,12-13H2,1-2H3. The normalized spacial score (nSPS) is 10.8. The Balaban J connectivity index is 1.66. The van der Waals surface area contributed by atoms with Crippen LogP contribution in [-0.2, 0) is 6.54 Å². The molecule has 0 unspecified atom stereocenters. The van der Waals surface area contributed by atoms with Crippen molar-refractivity contribution in [3.63, 3.8) is 0 Å². The van der Waals surface area contributed by atoms with E-state index in [-0.39, 0.29) is 6.10 Å². The number of benzene rings is 1. The first-order chi connectivity index (χ1) is 10.3. The van der Waals surface area contributed by atoms with Crippen molar-refractivity contribution in [3.8, 4) is 11.5 Å². The Morgan fingerprint density at radius 3 is 2.62 bits per heavy atom. The first-order valence-electron chi connectivity index (χ1n) is 7.37. The smallest absolute Gasteiger partial charge is 0.161 e. The Morgan fingerprint density at radius 1 is 1.10 bits per heavy atom. The van der Waals surface area contributed by atoms with Crippen molar-refractivity contribution < 1.29 is 13.9 Å². The van der Waals surface area contributed by atoms with Gasteiger partial charge in [-0.05, 0) is 51.1 Å². The molecule has 0 atom stereocenters. The summed E-state index contributed by atoms with van der Waals surface area (Å²) in [5, 5.41) is 3.32. The fraction of sp³-hybridized carbons (Fsp3) is 0.412. The van der Waals surface area contributed by atoms with Crippen molar-refractivity contribution in [3.05, 3.63) is 48.4 Å². The molecule has 2 rings (SSSR count). The zero-order chi connectivity index (χ0) is 14.9. The fourth-order valence-corrected chi connectivity index (χ4v) is 1.92. The van der Waals surface area contributed by atoms with E-state index < -0.39 is 0 Å². The molecule has 1 aromatic heterocycles. The molecule has 1 N–H and O–H groups in total. The Kier molecular flexibility index (Phi) is 6.16. The highest BCUT2D eigenvalue weighted by Crippen LogP contribution is 2.27. The molecular formula is C17H23NO3. The molecular weight excluding hydrogens is 266 g/mol. The van der Waals surface area contributed by atoms with Crippen molar-refractivity contribution in [1.29, 1.82) is 0 Å². The van der Waals surface area contributed by atoms with Gasteiger partial charge >= 0.3 is 0 Å². The van der Waals surface area contributed by atoms with Crippen LogP contribution in [0.1, 0.15) is 26.0 Å². The summed E-state index contributed by atoms with van der Waals surface area (Å²) in [5.74, 6) is 2.56. The van der Waals surface area contributed by atoms with E-state index in [9.17, 15) is 0 Å². The van der Waals surface area contributed by atoms with Gasteiger partial charge in [0, 0.05) is 0 Å². The predicted molar refractivity (Wildman–Crippen MR) is 82.7 cm³/mol. The van der Waals surface area contributed by atoms with Gasteiger partial charge in [-0.1, -0.05) is 12.1 Å². The summed E-state index contributed by atoms with van der Waals surface area (Å²) in [6.45, 7) is 6.31. The number of ether oxygens (including phenoxy) is 2. The SMILES string of the molecule is CC(C)Oc1ccccc1OCCCNCc1ccco1. The summed E-state index contributed by atoms with van der Waals surface area (Å²) in [4.78, 5) is 0. The van der Waals surface area contributed by atoms with Crippen LogP contribution in [0, 0.1) is 0 Å². The van der Waals surface area contributed by atoms with Crippen molar-refractivity contribution >= 4 is 0 Å². The first-order valence-corrected chi connectivity index (χ1v) is 7.37. The van der Waals surface area contributed by atoms with Crippen LogP contribution in [0.15, 0.2) is 47.1 Å². The van der Waals surface area contributed by atoms with E-state index in [0.29, 0.717) is 6.61 Å². The van der Waals surface area contributed by atoms with Gasteiger partial charge in [0.2, 0.25) is 0 Å². The number of rotatable bonds is 9. The first kappa shape index (κ1) is 15.4. The highest BCUT2D eigenvalue weighted by Gasteiger charge is 2.05. The van der Waals surface area contributed by atoms with Gasteiger partial charge in [-0.3, -0.25) is 0 Å². The zero-order valence-corrected chi connectivity index (χ0v) is 12.7. The molecule has 0 bridgehead atoms. The molecule has 4 heteroatoms. The third-order valence-corrected chi connectivity index (χ3v) is 2.85. The minimum Gasteiger partial charge on any atom is -0.490 e. The van der Waals surface area contributed by atoms with Gasteiger partial charge in [0.25, 0.3) is 0 Å². The van der Waals surface area contributed by atoms with Crippen LogP contribution in [0.25, 0.3) is 0 Å². The van der Waals surface area contributed by atoms with E-state index in [1.54, 1.807) is 6.26 Å². The minimum atomic E-state index is 0.143. The number of para-hydroxylation sites is 2. The van der Waals surface area contributed by atoms with Crippen LogP contribution >= 0.6 is 0 Å². The summed E-state index contributed by atoms with van der Waals surface area (Å²) in [6, 6.07) is 11.6. The summed E-state index contributed by atoms with van der Waals surface area (Å²) in [7, 11) is 0. The van der Waals surface area contributed by atoms with Crippen LogP contribution in [-0.4, -0.2) is 19.3 Å². The van der Waals surface area contributed by atoms with Gasteiger partial charge in [-0.2, -0.15) is 0 Å². The Bertz CT molecular complexity index is 509. The number of hydrogen-bond donors (Lipinski definition) is 1. The lowest BCUT2D eigenvalue weighted by Gasteiger charge is -2.14. The Hall–Kier alpha value is -1.94. The van der Waals surface area contributed by atoms with Crippen LogP contribution in [0.5, 0.6) is 11.5 Å². The Labute approximate surface area is 126 Å². The molecule has 2 aromatic rings. The molecule has 114 valence electrons. The highest BCUT2D eigenvalue weighted by atomic mass is 16.5.